The SMILES string of the molecule is O=C(O)N1CCN(c2ccc(O)cc2F)CC1. The number of nitrogens with zero attached hydrogens (tertiary/aromatic N) is 2. The van der Waals surface area contributed by atoms with Crippen molar-refractivity contribution >= 4 is 11.8 Å². The Balaban J connectivity index is 2.08. The summed E-state index contributed by atoms with van der Waals surface area (Å²) in [5, 5.41) is 17.9. The van der Waals surface area contributed by atoms with Gasteiger partial charge in [0.25, 0.3) is 0 Å². The number of carbonyl (C=O) groups is 1. The van der Waals surface area contributed by atoms with Crippen LogP contribution in [0.5, 0.6) is 5.75 Å². The van der Waals surface area contributed by atoms with Crippen LogP contribution < -0.4 is 4.90 Å². The Bertz CT molecular complexity index is 431. The molecule has 1 aliphatic rings. The number of anilines is 1. The Morgan fingerprint density at radius 1 is 1.24 bits per heavy atom. The van der Waals surface area contributed by atoms with Crippen LogP contribution >= 0.6 is 0 Å². The molecule has 1 saturated heterocycles. The lowest BCUT2D eigenvalue weighted by Gasteiger charge is -2.34. The number of amides is 1. The van der Waals surface area contributed by atoms with Gasteiger partial charge in [-0.05, 0) is 12.1 Å². The quantitative estimate of drug-likeness (QED) is 0.777. The second kappa shape index (κ2) is 4.48. The molecule has 5 nitrogen and oxygen atoms in total. The minimum atomic E-state index is -0.948. The van der Waals surface area contributed by atoms with E-state index in [2.05, 4.69) is 0 Å². The molecule has 2 N–H and O–H groups in total. The molecule has 1 aromatic carbocycles. The predicted molar refractivity (Wildman–Crippen MR) is 59.9 cm³/mol. The Hall–Kier alpha value is -1.98. The molecule has 0 aromatic heterocycles. The van der Waals surface area contributed by atoms with Crippen molar-refractivity contribution in [3.05, 3.63) is 24.0 Å². The van der Waals surface area contributed by atoms with E-state index in [1.54, 1.807) is 4.90 Å². The van der Waals surface area contributed by atoms with Crippen LogP contribution in [0.3, 0.4) is 0 Å². The van der Waals surface area contributed by atoms with E-state index in [4.69, 9.17) is 10.2 Å². The zero-order chi connectivity index (χ0) is 12.4. The number of carboxylic acid groups (broad SMARTS) is 1. The summed E-state index contributed by atoms with van der Waals surface area (Å²) in [4.78, 5) is 13.8. The molecule has 0 radical (unpaired) electrons. The molecule has 92 valence electrons. The van der Waals surface area contributed by atoms with Crippen molar-refractivity contribution in [3.63, 3.8) is 0 Å². The third kappa shape index (κ3) is 2.41. The number of phenols is 1. The Kier molecular flexibility index (Phi) is 3.03. The summed E-state index contributed by atoms with van der Waals surface area (Å²) in [6.07, 6.45) is -0.948. The van der Waals surface area contributed by atoms with Gasteiger partial charge >= 0.3 is 6.09 Å². The average Bonchev–Trinajstić information content (AvgIpc) is 2.29. The normalized spacial score (nSPS) is 16.1. The second-order valence-electron chi connectivity index (χ2n) is 3.89. The highest BCUT2D eigenvalue weighted by atomic mass is 19.1. The van der Waals surface area contributed by atoms with Crippen LogP contribution in [-0.4, -0.2) is 47.4 Å². The molecule has 1 aromatic rings. The molecule has 1 heterocycles. The molecule has 0 bridgehead atoms. The van der Waals surface area contributed by atoms with Gasteiger partial charge in [-0.3, -0.25) is 0 Å². The topological polar surface area (TPSA) is 64.0 Å². The first kappa shape index (κ1) is 11.5. The fraction of sp³-hybridized carbons (Fsp3) is 0.364. The summed E-state index contributed by atoms with van der Waals surface area (Å²) in [6, 6.07) is 3.97. The Labute approximate surface area is 97.7 Å². The van der Waals surface area contributed by atoms with Gasteiger partial charge in [-0.2, -0.15) is 0 Å². The predicted octanol–water partition coefficient (Wildman–Crippen LogP) is 1.33. The zero-order valence-corrected chi connectivity index (χ0v) is 9.14. The van der Waals surface area contributed by atoms with Gasteiger partial charge in [0.2, 0.25) is 0 Å². The number of halogens is 1. The van der Waals surface area contributed by atoms with Crippen molar-refractivity contribution < 1.29 is 19.4 Å². The molecule has 0 spiro atoms. The van der Waals surface area contributed by atoms with E-state index in [9.17, 15) is 9.18 Å². The van der Waals surface area contributed by atoms with Crippen molar-refractivity contribution in [3.8, 4) is 5.75 Å². The van der Waals surface area contributed by atoms with Gasteiger partial charge < -0.3 is 20.0 Å². The van der Waals surface area contributed by atoms with E-state index < -0.39 is 11.9 Å². The van der Waals surface area contributed by atoms with Gasteiger partial charge in [0.05, 0.1) is 5.69 Å². The van der Waals surface area contributed by atoms with E-state index in [1.165, 1.54) is 17.0 Å². The van der Waals surface area contributed by atoms with Crippen LogP contribution in [0, 0.1) is 5.82 Å². The fourth-order valence-corrected chi connectivity index (χ4v) is 1.89. The summed E-state index contributed by atoms with van der Waals surface area (Å²) in [6.45, 7) is 1.62. The summed E-state index contributed by atoms with van der Waals surface area (Å²) in [7, 11) is 0. The van der Waals surface area contributed by atoms with E-state index >= 15 is 0 Å². The van der Waals surface area contributed by atoms with Crippen LogP contribution in [0.15, 0.2) is 18.2 Å². The maximum Gasteiger partial charge on any atom is 0.407 e. The second-order valence-corrected chi connectivity index (χ2v) is 3.89. The molecule has 0 atom stereocenters. The maximum atomic E-state index is 13.6. The number of phenolic OH excluding ortho intramolecular Hbond substituents is 1. The lowest BCUT2D eigenvalue weighted by atomic mass is 10.2. The summed E-state index contributed by atoms with van der Waals surface area (Å²) in [5.74, 6) is -0.607. The van der Waals surface area contributed by atoms with Gasteiger partial charge in [0, 0.05) is 32.2 Å². The smallest absolute Gasteiger partial charge is 0.407 e. The molecule has 0 saturated carbocycles. The molecule has 6 heteroatoms. The minimum Gasteiger partial charge on any atom is -0.508 e. The molecule has 0 aliphatic carbocycles. The van der Waals surface area contributed by atoms with Crippen LogP contribution in [0.1, 0.15) is 0 Å². The number of piperazine rings is 1. The number of hydrogen-bond donors (Lipinski definition) is 2. The first-order valence-electron chi connectivity index (χ1n) is 5.29. The molecule has 0 unspecified atom stereocenters. The third-order valence-corrected chi connectivity index (χ3v) is 2.82. The van der Waals surface area contributed by atoms with Crippen LogP contribution in [-0.2, 0) is 0 Å². The Morgan fingerprint density at radius 2 is 1.88 bits per heavy atom. The number of benzene rings is 1. The molecular weight excluding hydrogens is 227 g/mol. The number of hydrogen-bond acceptors (Lipinski definition) is 3. The third-order valence-electron chi connectivity index (χ3n) is 2.82. The average molecular weight is 240 g/mol. The van der Waals surface area contributed by atoms with Crippen molar-refractivity contribution in [2.45, 2.75) is 0 Å². The van der Waals surface area contributed by atoms with E-state index in [0.29, 0.717) is 31.9 Å². The standard InChI is InChI=1S/C11H13FN2O3/c12-9-7-8(15)1-2-10(9)13-3-5-14(6-4-13)11(16)17/h1-2,7,15H,3-6H2,(H,16,17). The summed E-state index contributed by atoms with van der Waals surface area (Å²) >= 11 is 0. The van der Waals surface area contributed by atoms with E-state index in [0.717, 1.165) is 6.07 Å². The van der Waals surface area contributed by atoms with Crippen molar-refractivity contribution in [2.75, 3.05) is 31.1 Å². The molecule has 2 rings (SSSR count). The van der Waals surface area contributed by atoms with Gasteiger partial charge in [-0.15, -0.1) is 0 Å². The van der Waals surface area contributed by atoms with Crippen LogP contribution in [0.2, 0.25) is 0 Å². The van der Waals surface area contributed by atoms with Crippen LogP contribution in [0.25, 0.3) is 0 Å². The molecule has 17 heavy (non-hydrogen) atoms. The van der Waals surface area contributed by atoms with E-state index in [1.807, 2.05) is 0 Å². The minimum absolute atomic E-state index is 0.115. The molecular formula is C11H13FN2O3. The highest BCUT2D eigenvalue weighted by Gasteiger charge is 2.22. The van der Waals surface area contributed by atoms with Gasteiger partial charge in [-0.1, -0.05) is 0 Å². The van der Waals surface area contributed by atoms with Gasteiger partial charge in [0.15, 0.2) is 0 Å². The zero-order valence-electron chi connectivity index (χ0n) is 9.14. The lowest BCUT2D eigenvalue weighted by Crippen LogP contribution is -2.48. The summed E-state index contributed by atoms with van der Waals surface area (Å²) < 4.78 is 13.6. The Morgan fingerprint density at radius 3 is 2.41 bits per heavy atom. The number of rotatable bonds is 1. The number of aromatic hydroxyl groups is 1. The monoisotopic (exact) mass is 240 g/mol. The lowest BCUT2D eigenvalue weighted by molar-refractivity contribution is 0.142. The van der Waals surface area contributed by atoms with Gasteiger partial charge in [0.1, 0.15) is 11.6 Å². The van der Waals surface area contributed by atoms with E-state index in [-0.39, 0.29) is 5.75 Å². The highest BCUT2D eigenvalue weighted by Crippen LogP contribution is 2.24. The van der Waals surface area contributed by atoms with Crippen molar-refractivity contribution in [2.24, 2.45) is 0 Å². The van der Waals surface area contributed by atoms with Crippen LogP contribution in [0.4, 0.5) is 14.9 Å². The molecule has 1 aliphatic heterocycles. The van der Waals surface area contributed by atoms with Crippen molar-refractivity contribution in [1.82, 2.24) is 4.90 Å². The van der Waals surface area contributed by atoms with Gasteiger partial charge in [-0.25, -0.2) is 9.18 Å². The maximum absolute atomic E-state index is 13.6. The highest BCUT2D eigenvalue weighted by molar-refractivity contribution is 5.65. The first-order valence-corrected chi connectivity index (χ1v) is 5.29. The largest absolute Gasteiger partial charge is 0.508 e. The first-order chi connectivity index (χ1) is 8.08. The molecule has 1 amide bonds. The fourth-order valence-electron chi connectivity index (χ4n) is 1.89. The van der Waals surface area contributed by atoms with Crippen molar-refractivity contribution in [1.29, 1.82) is 0 Å². The summed E-state index contributed by atoms with van der Waals surface area (Å²) in [5.41, 5.74) is 0.396. The molecule has 1 fully saturated rings.